The molecule has 0 spiro atoms. The van der Waals surface area contributed by atoms with Crippen LogP contribution in [0.4, 0.5) is 0 Å². The molecule has 0 fully saturated rings. The van der Waals surface area contributed by atoms with E-state index in [-0.39, 0.29) is 22.6 Å². The third-order valence-electron chi connectivity index (χ3n) is 2.10. The van der Waals surface area contributed by atoms with Crippen molar-refractivity contribution in [1.29, 1.82) is 0 Å². The second kappa shape index (κ2) is 6.61. The summed E-state index contributed by atoms with van der Waals surface area (Å²) in [5.74, 6) is 0.426. The van der Waals surface area contributed by atoms with Crippen LogP contribution in [0, 0.1) is 0 Å². The highest BCUT2D eigenvalue weighted by Gasteiger charge is 2.19. The summed E-state index contributed by atoms with van der Waals surface area (Å²) >= 11 is 10.9. The van der Waals surface area contributed by atoms with E-state index in [1.807, 2.05) is 0 Å². The van der Waals surface area contributed by atoms with Crippen molar-refractivity contribution in [3.8, 4) is 11.5 Å². The second-order valence-electron chi connectivity index (χ2n) is 3.26. The van der Waals surface area contributed by atoms with E-state index in [0.29, 0.717) is 13.2 Å². The van der Waals surface area contributed by atoms with Gasteiger partial charge in [0.1, 0.15) is 11.5 Å². The Morgan fingerprint density at radius 2 is 1.28 bits per heavy atom. The molecule has 1 aromatic rings. The molecule has 18 heavy (non-hydrogen) atoms. The van der Waals surface area contributed by atoms with E-state index < -0.39 is 10.5 Å². The van der Waals surface area contributed by atoms with Crippen LogP contribution in [0.3, 0.4) is 0 Å². The molecule has 0 bridgehead atoms. The average Bonchev–Trinajstić information content (AvgIpc) is 2.30. The summed E-state index contributed by atoms with van der Waals surface area (Å²) in [6.45, 7) is 4.17. The van der Waals surface area contributed by atoms with Gasteiger partial charge in [-0.1, -0.05) is 0 Å². The molecular formula is C12H12Cl2O4. The minimum Gasteiger partial charge on any atom is -0.493 e. The summed E-state index contributed by atoms with van der Waals surface area (Å²) < 4.78 is 10.5. The fraction of sp³-hybridized carbons (Fsp3) is 0.333. The number of ether oxygens (including phenoxy) is 2. The molecule has 4 nitrogen and oxygen atoms in total. The van der Waals surface area contributed by atoms with Gasteiger partial charge in [0, 0.05) is 0 Å². The Morgan fingerprint density at radius 3 is 1.50 bits per heavy atom. The summed E-state index contributed by atoms with van der Waals surface area (Å²) in [5.41, 5.74) is 0.285. The highest BCUT2D eigenvalue weighted by atomic mass is 35.5. The number of hydrogen-bond acceptors (Lipinski definition) is 4. The number of hydrogen-bond donors (Lipinski definition) is 0. The normalized spacial score (nSPS) is 10.0. The lowest BCUT2D eigenvalue weighted by atomic mass is 10.1. The largest absolute Gasteiger partial charge is 0.493 e. The van der Waals surface area contributed by atoms with Gasteiger partial charge in [-0.25, -0.2) is 0 Å². The summed E-state index contributed by atoms with van der Waals surface area (Å²) in [6, 6.07) is 2.72. The predicted molar refractivity (Wildman–Crippen MR) is 69.1 cm³/mol. The standard InChI is InChI=1S/C12H12Cl2O4/c1-3-17-9-5-8(12(14)16)10(18-4-2)6-7(9)11(13)15/h5-6H,3-4H2,1-2H3. The highest BCUT2D eigenvalue weighted by Crippen LogP contribution is 2.31. The topological polar surface area (TPSA) is 52.6 Å². The van der Waals surface area contributed by atoms with Gasteiger partial charge in [-0.15, -0.1) is 0 Å². The first kappa shape index (κ1) is 14.8. The average molecular weight is 291 g/mol. The van der Waals surface area contributed by atoms with Crippen LogP contribution in [0.1, 0.15) is 34.6 Å². The van der Waals surface area contributed by atoms with Crippen LogP contribution in [-0.2, 0) is 0 Å². The minimum absolute atomic E-state index is 0.142. The van der Waals surface area contributed by atoms with Gasteiger partial charge >= 0.3 is 0 Å². The van der Waals surface area contributed by atoms with Crippen molar-refractivity contribution in [3.63, 3.8) is 0 Å². The lowest BCUT2D eigenvalue weighted by Gasteiger charge is -2.13. The van der Waals surface area contributed by atoms with E-state index in [1.54, 1.807) is 13.8 Å². The fourth-order valence-corrected chi connectivity index (χ4v) is 1.71. The zero-order valence-electron chi connectivity index (χ0n) is 9.96. The van der Waals surface area contributed by atoms with Crippen molar-refractivity contribution in [3.05, 3.63) is 23.3 Å². The Morgan fingerprint density at radius 1 is 0.944 bits per heavy atom. The highest BCUT2D eigenvalue weighted by molar-refractivity contribution is 6.69. The Kier molecular flexibility index (Phi) is 5.44. The Hall–Kier alpha value is -1.26. The maximum absolute atomic E-state index is 11.3. The van der Waals surface area contributed by atoms with Crippen molar-refractivity contribution in [1.82, 2.24) is 0 Å². The van der Waals surface area contributed by atoms with Gasteiger partial charge in [0.15, 0.2) is 0 Å². The first-order valence-corrected chi connectivity index (χ1v) is 6.10. The SMILES string of the molecule is CCOc1cc(C(=O)Cl)c(OCC)cc1C(=O)Cl. The Labute approximate surface area is 115 Å². The van der Waals surface area contributed by atoms with Crippen LogP contribution in [0.2, 0.25) is 0 Å². The maximum Gasteiger partial charge on any atom is 0.256 e. The fourth-order valence-electron chi connectivity index (χ4n) is 1.42. The first-order valence-electron chi connectivity index (χ1n) is 5.34. The monoisotopic (exact) mass is 290 g/mol. The van der Waals surface area contributed by atoms with E-state index in [1.165, 1.54) is 12.1 Å². The zero-order chi connectivity index (χ0) is 13.7. The van der Waals surface area contributed by atoms with E-state index in [2.05, 4.69) is 0 Å². The summed E-state index contributed by atoms with van der Waals surface area (Å²) in [6.07, 6.45) is 0. The molecule has 0 radical (unpaired) electrons. The van der Waals surface area contributed by atoms with Gasteiger partial charge in [0.05, 0.1) is 24.3 Å². The summed E-state index contributed by atoms with van der Waals surface area (Å²) in [7, 11) is 0. The molecule has 0 unspecified atom stereocenters. The van der Waals surface area contributed by atoms with Crippen LogP contribution in [0.5, 0.6) is 11.5 Å². The first-order chi connectivity index (χ1) is 8.51. The lowest BCUT2D eigenvalue weighted by molar-refractivity contribution is 0.106. The number of benzene rings is 1. The summed E-state index contributed by atoms with van der Waals surface area (Å²) in [5, 5.41) is -1.37. The smallest absolute Gasteiger partial charge is 0.256 e. The van der Waals surface area contributed by atoms with Crippen molar-refractivity contribution >= 4 is 33.7 Å². The van der Waals surface area contributed by atoms with Gasteiger partial charge in [0.2, 0.25) is 0 Å². The third-order valence-corrected chi connectivity index (χ3v) is 2.51. The van der Waals surface area contributed by atoms with Gasteiger partial charge in [-0.2, -0.15) is 0 Å². The van der Waals surface area contributed by atoms with Gasteiger partial charge in [-0.3, -0.25) is 9.59 Å². The lowest BCUT2D eigenvalue weighted by Crippen LogP contribution is -2.05. The van der Waals surface area contributed by atoms with Crippen molar-refractivity contribution in [2.45, 2.75) is 13.8 Å². The van der Waals surface area contributed by atoms with Gasteiger partial charge in [0.25, 0.3) is 10.5 Å². The molecule has 0 saturated heterocycles. The quantitative estimate of drug-likeness (QED) is 0.755. The van der Waals surface area contributed by atoms with Crippen molar-refractivity contribution in [2.75, 3.05) is 13.2 Å². The molecule has 0 aliphatic carbocycles. The van der Waals surface area contributed by atoms with Gasteiger partial charge < -0.3 is 9.47 Å². The number of halogens is 2. The third kappa shape index (κ3) is 3.37. The van der Waals surface area contributed by atoms with Crippen LogP contribution >= 0.6 is 23.2 Å². The number of carbonyl (C=O) groups is 2. The molecule has 6 heteroatoms. The van der Waals surface area contributed by atoms with E-state index >= 15 is 0 Å². The number of carbonyl (C=O) groups excluding carboxylic acids is 2. The molecule has 0 N–H and O–H groups in total. The summed E-state index contributed by atoms with van der Waals surface area (Å²) in [4.78, 5) is 22.6. The zero-order valence-corrected chi connectivity index (χ0v) is 11.5. The van der Waals surface area contributed by atoms with Crippen LogP contribution in [0.15, 0.2) is 12.1 Å². The molecule has 0 aromatic heterocycles. The van der Waals surface area contributed by atoms with Crippen LogP contribution in [0.25, 0.3) is 0 Å². The van der Waals surface area contributed by atoms with Crippen LogP contribution < -0.4 is 9.47 Å². The molecule has 0 amide bonds. The Bertz CT molecular complexity index is 428. The molecule has 0 aliphatic heterocycles. The molecule has 0 atom stereocenters. The minimum atomic E-state index is -0.687. The molecule has 1 aromatic carbocycles. The van der Waals surface area contributed by atoms with E-state index in [9.17, 15) is 9.59 Å². The van der Waals surface area contributed by atoms with E-state index in [0.717, 1.165) is 0 Å². The van der Waals surface area contributed by atoms with Crippen LogP contribution in [-0.4, -0.2) is 23.7 Å². The second-order valence-corrected chi connectivity index (χ2v) is 3.94. The Balaban J connectivity index is 3.39. The predicted octanol–water partition coefficient (Wildman–Crippen LogP) is 3.24. The molecule has 0 aliphatic rings. The molecule has 1 rings (SSSR count). The molecule has 98 valence electrons. The molecule has 0 heterocycles. The molecule has 0 saturated carbocycles. The van der Waals surface area contributed by atoms with Crippen molar-refractivity contribution < 1.29 is 19.1 Å². The molecular weight excluding hydrogens is 279 g/mol. The van der Waals surface area contributed by atoms with Gasteiger partial charge in [-0.05, 0) is 49.2 Å². The maximum atomic E-state index is 11.3. The number of rotatable bonds is 6. The van der Waals surface area contributed by atoms with Crippen molar-refractivity contribution in [2.24, 2.45) is 0 Å². The van der Waals surface area contributed by atoms with E-state index in [4.69, 9.17) is 32.7 Å².